The first kappa shape index (κ1) is 18.0. The van der Waals surface area contributed by atoms with Gasteiger partial charge in [-0.3, -0.25) is 4.79 Å². The van der Waals surface area contributed by atoms with Crippen molar-refractivity contribution in [3.8, 4) is 0 Å². The quantitative estimate of drug-likeness (QED) is 0.929. The molecule has 1 unspecified atom stereocenters. The van der Waals surface area contributed by atoms with Gasteiger partial charge in [0.25, 0.3) is 0 Å². The number of likely N-dealkylation sites (tertiary alicyclic amines) is 1. The molecule has 1 fully saturated rings. The molecular weight excluding hydrogens is 284 g/mol. The number of carbonyl (C=O) groups excluding carboxylic acids is 1. The number of benzene rings is 1. The zero-order chi connectivity index (χ0) is 14.5. The van der Waals surface area contributed by atoms with Gasteiger partial charge in [-0.15, -0.1) is 12.4 Å². The van der Waals surface area contributed by atoms with E-state index >= 15 is 0 Å². The van der Waals surface area contributed by atoms with Crippen LogP contribution in [-0.4, -0.2) is 29.9 Å². The number of nitrogens with zero attached hydrogens (tertiary/aromatic N) is 1. The summed E-state index contributed by atoms with van der Waals surface area (Å²) in [4.78, 5) is 14.3. The second kappa shape index (κ2) is 8.40. The third kappa shape index (κ3) is 5.01. The van der Waals surface area contributed by atoms with Gasteiger partial charge in [-0.2, -0.15) is 0 Å². The molecule has 3 nitrogen and oxygen atoms in total. The highest BCUT2D eigenvalue weighted by Gasteiger charge is 2.24. The Balaban J connectivity index is 0.00000220. The van der Waals surface area contributed by atoms with Crippen molar-refractivity contribution >= 4 is 18.3 Å². The van der Waals surface area contributed by atoms with Crippen LogP contribution in [0.5, 0.6) is 0 Å². The maximum Gasteiger partial charge on any atom is 0.222 e. The largest absolute Gasteiger partial charge is 0.343 e. The number of nitrogens with two attached hydrogens (primary N) is 1. The van der Waals surface area contributed by atoms with Crippen molar-refractivity contribution in [2.75, 3.05) is 13.1 Å². The van der Waals surface area contributed by atoms with Crippen molar-refractivity contribution in [3.05, 3.63) is 35.4 Å². The lowest BCUT2D eigenvalue weighted by atomic mass is 9.90. The minimum atomic E-state index is 0. The molecule has 1 aliphatic heterocycles. The third-order valence-corrected chi connectivity index (χ3v) is 4.51. The Kier molecular flexibility index (Phi) is 7.20. The molecule has 1 heterocycles. The SMILES string of the molecule is Cc1ccccc1CCC(=O)N1CCC(C(C)N)CC1.Cl. The average Bonchev–Trinajstić information content (AvgIpc) is 2.46. The van der Waals surface area contributed by atoms with Gasteiger partial charge in [-0.25, -0.2) is 0 Å². The first-order valence-electron chi connectivity index (χ1n) is 7.66. The molecule has 1 atom stereocenters. The highest BCUT2D eigenvalue weighted by molar-refractivity contribution is 5.85. The van der Waals surface area contributed by atoms with Crippen LogP contribution in [0.4, 0.5) is 0 Å². The van der Waals surface area contributed by atoms with Crippen LogP contribution in [0.1, 0.15) is 37.3 Å². The lowest BCUT2D eigenvalue weighted by Crippen LogP contribution is -2.42. The molecule has 0 saturated carbocycles. The average molecular weight is 311 g/mol. The Hall–Kier alpha value is -1.06. The molecule has 1 aromatic rings. The standard InChI is InChI=1S/C17H26N2O.ClH/c1-13-5-3-4-6-15(13)7-8-17(20)19-11-9-16(10-12-19)14(2)18;/h3-6,14,16H,7-12,18H2,1-2H3;1H. The second-order valence-electron chi connectivity index (χ2n) is 6.00. The van der Waals surface area contributed by atoms with E-state index < -0.39 is 0 Å². The molecule has 1 amide bonds. The van der Waals surface area contributed by atoms with Gasteiger partial charge in [0, 0.05) is 25.6 Å². The van der Waals surface area contributed by atoms with Crippen LogP contribution in [0, 0.1) is 12.8 Å². The smallest absolute Gasteiger partial charge is 0.222 e. The predicted octanol–water partition coefficient (Wildman–Crippen LogP) is 2.94. The number of hydrogen-bond acceptors (Lipinski definition) is 2. The number of halogens is 1. The molecule has 4 heteroatoms. The van der Waals surface area contributed by atoms with E-state index in [1.165, 1.54) is 11.1 Å². The van der Waals surface area contributed by atoms with E-state index in [2.05, 4.69) is 26.0 Å². The van der Waals surface area contributed by atoms with Crippen molar-refractivity contribution in [2.24, 2.45) is 11.7 Å². The minimum Gasteiger partial charge on any atom is -0.343 e. The Morgan fingerprint density at radius 3 is 2.52 bits per heavy atom. The summed E-state index contributed by atoms with van der Waals surface area (Å²) in [7, 11) is 0. The van der Waals surface area contributed by atoms with Crippen LogP contribution in [0.2, 0.25) is 0 Å². The Labute approximate surface area is 134 Å². The van der Waals surface area contributed by atoms with Crippen LogP contribution < -0.4 is 5.73 Å². The van der Waals surface area contributed by atoms with Crippen LogP contribution in [0.3, 0.4) is 0 Å². The van der Waals surface area contributed by atoms with E-state index in [1.54, 1.807) is 0 Å². The first-order valence-corrected chi connectivity index (χ1v) is 7.66. The fraction of sp³-hybridized carbons (Fsp3) is 0.588. The number of piperidine rings is 1. The van der Waals surface area contributed by atoms with Crippen molar-refractivity contribution in [1.29, 1.82) is 0 Å². The molecule has 0 radical (unpaired) electrons. The van der Waals surface area contributed by atoms with Crippen LogP contribution in [-0.2, 0) is 11.2 Å². The summed E-state index contributed by atoms with van der Waals surface area (Å²) < 4.78 is 0. The van der Waals surface area contributed by atoms with Gasteiger partial charge in [0.1, 0.15) is 0 Å². The van der Waals surface area contributed by atoms with Gasteiger partial charge >= 0.3 is 0 Å². The Morgan fingerprint density at radius 2 is 1.95 bits per heavy atom. The summed E-state index contributed by atoms with van der Waals surface area (Å²) in [6.07, 6.45) is 3.56. The van der Waals surface area contributed by atoms with Crippen molar-refractivity contribution in [2.45, 2.75) is 45.6 Å². The highest BCUT2D eigenvalue weighted by Crippen LogP contribution is 2.20. The molecule has 1 aliphatic rings. The number of aryl methyl sites for hydroxylation is 2. The lowest BCUT2D eigenvalue weighted by Gasteiger charge is -2.33. The van der Waals surface area contributed by atoms with E-state index in [-0.39, 0.29) is 24.4 Å². The Bertz CT molecular complexity index is 454. The Morgan fingerprint density at radius 1 is 1.33 bits per heavy atom. The maximum atomic E-state index is 12.3. The molecule has 118 valence electrons. The summed E-state index contributed by atoms with van der Waals surface area (Å²) in [6, 6.07) is 8.55. The summed E-state index contributed by atoms with van der Waals surface area (Å²) in [5, 5.41) is 0. The third-order valence-electron chi connectivity index (χ3n) is 4.51. The summed E-state index contributed by atoms with van der Waals surface area (Å²) in [5.41, 5.74) is 8.49. The molecule has 1 aromatic carbocycles. The monoisotopic (exact) mass is 310 g/mol. The van der Waals surface area contributed by atoms with Gasteiger partial charge in [0.2, 0.25) is 5.91 Å². The van der Waals surface area contributed by atoms with E-state index in [9.17, 15) is 4.79 Å². The highest BCUT2D eigenvalue weighted by atomic mass is 35.5. The molecule has 2 rings (SSSR count). The van der Waals surface area contributed by atoms with Gasteiger partial charge in [0.05, 0.1) is 0 Å². The second-order valence-corrected chi connectivity index (χ2v) is 6.00. The van der Waals surface area contributed by atoms with E-state index in [0.29, 0.717) is 12.3 Å². The molecule has 0 aliphatic carbocycles. The van der Waals surface area contributed by atoms with Gasteiger partial charge in [-0.05, 0) is 50.2 Å². The minimum absolute atomic E-state index is 0. The van der Waals surface area contributed by atoms with Crippen LogP contribution >= 0.6 is 12.4 Å². The molecule has 21 heavy (non-hydrogen) atoms. The predicted molar refractivity (Wildman–Crippen MR) is 89.7 cm³/mol. The summed E-state index contributed by atoms with van der Waals surface area (Å²) in [5.74, 6) is 0.867. The van der Waals surface area contributed by atoms with Crippen molar-refractivity contribution in [3.63, 3.8) is 0 Å². The fourth-order valence-electron chi connectivity index (χ4n) is 2.96. The molecule has 1 saturated heterocycles. The zero-order valence-corrected chi connectivity index (χ0v) is 13.9. The van der Waals surface area contributed by atoms with Crippen molar-refractivity contribution in [1.82, 2.24) is 4.90 Å². The van der Waals surface area contributed by atoms with Gasteiger partial charge in [0.15, 0.2) is 0 Å². The van der Waals surface area contributed by atoms with E-state index in [1.807, 2.05) is 17.0 Å². The fourth-order valence-corrected chi connectivity index (χ4v) is 2.96. The zero-order valence-electron chi connectivity index (χ0n) is 13.0. The normalized spacial score (nSPS) is 17.2. The maximum absolute atomic E-state index is 12.3. The topological polar surface area (TPSA) is 46.3 Å². The summed E-state index contributed by atoms with van der Waals surface area (Å²) in [6.45, 7) is 5.92. The van der Waals surface area contributed by atoms with Crippen LogP contribution in [0.25, 0.3) is 0 Å². The number of carbonyl (C=O) groups is 1. The molecule has 2 N–H and O–H groups in total. The van der Waals surface area contributed by atoms with Crippen molar-refractivity contribution < 1.29 is 4.79 Å². The molecular formula is C17H27ClN2O. The van der Waals surface area contributed by atoms with E-state index in [0.717, 1.165) is 32.4 Å². The molecule has 0 spiro atoms. The summed E-state index contributed by atoms with van der Waals surface area (Å²) >= 11 is 0. The number of rotatable bonds is 4. The lowest BCUT2D eigenvalue weighted by molar-refractivity contribution is -0.132. The molecule has 0 bridgehead atoms. The van der Waals surface area contributed by atoms with Gasteiger partial charge < -0.3 is 10.6 Å². The van der Waals surface area contributed by atoms with Crippen LogP contribution in [0.15, 0.2) is 24.3 Å². The number of hydrogen-bond donors (Lipinski definition) is 1. The van der Waals surface area contributed by atoms with E-state index in [4.69, 9.17) is 5.73 Å². The first-order chi connectivity index (χ1) is 9.58. The number of amides is 1. The molecule has 0 aromatic heterocycles. The van der Waals surface area contributed by atoms with Gasteiger partial charge in [-0.1, -0.05) is 24.3 Å².